The second-order valence-electron chi connectivity index (χ2n) is 7.20. The standard InChI is InChI=1S/C21H22N4O2/c1-24(2)17-9-10-25(12-17)21(27)15-5-3-14(4-6-15)16-7-8-19-18(11-16)20(26)23-13-22-19/h3-8,11,13,17H,9-10,12H2,1-2H3,(H,22,23,26)/t17-/m1/s1. The zero-order valence-electron chi connectivity index (χ0n) is 15.5. The lowest BCUT2D eigenvalue weighted by atomic mass is 10.0. The van der Waals surface area contributed by atoms with Crippen LogP contribution in [0.3, 0.4) is 0 Å². The average Bonchev–Trinajstić information content (AvgIpc) is 3.18. The SMILES string of the molecule is CN(C)[C@@H]1CCN(C(=O)c2ccc(-c3ccc4nc[nH]c(=O)c4c3)cc2)C1. The summed E-state index contributed by atoms with van der Waals surface area (Å²) in [6.45, 7) is 1.57. The van der Waals surface area contributed by atoms with E-state index in [0.29, 0.717) is 22.5 Å². The monoisotopic (exact) mass is 362 g/mol. The lowest BCUT2D eigenvalue weighted by Crippen LogP contribution is -2.34. The van der Waals surface area contributed by atoms with Crippen molar-refractivity contribution in [3.05, 3.63) is 64.7 Å². The summed E-state index contributed by atoms with van der Waals surface area (Å²) in [6, 6.07) is 13.6. The number of nitrogens with one attached hydrogen (secondary N) is 1. The maximum absolute atomic E-state index is 12.7. The predicted molar refractivity (Wildman–Crippen MR) is 106 cm³/mol. The Labute approximate surface area is 157 Å². The number of aromatic amines is 1. The number of fused-ring (bicyclic) bond motifs is 1. The molecule has 27 heavy (non-hydrogen) atoms. The normalized spacial score (nSPS) is 17.0. The molecule has 0 spiro atoms. The molecule has 1 saturated heterocycles. The summed E-state index contributed by atoms with van der Waals surface area (Å²) in [5.41, 5.74) is 3.09. The highest BCUT2D eigenvalue weighted by molar-refractivity contribution is 5.95. The van der Waals surface area contributed by atoms with Gasteiger partial charge in [0.05, 0.1) is 17.2 Å². The van der Waals surface area contributed by atoms with Crippen molar-refractivity contribution in [3.63, 3.8) is 0 Å². The molecule has 0 radical (unpaired) electrons. The number of carbonyl (C=O) groups is 1. The third-order valence-corrected chi connectivity index (χ3v) is 5.29. The number of carbonyl (C=O) groups excluding carboxylic acids is 1. The van der Waals surface area contributed by atoms with Crippen LogP contribution in [0.1, 0.15) is 16.8 Å². The molecule has 1 aliphatic rings. The van der Waals surface area contributed by atoms with E-state index in [9.17, 15) is 9.59 Å². The summed E-state index contributed by atoms with van der Waals surface area (Å²) >= 11 is 0. The van der Waals surface area contributed by atoms with E-state index in [-0.39, 0.29) is 11.5 Å². The van der Waals surface area contributed by atoms with Gasteiger partial charge in [-0.3, -0.25) is 9.59 Å². The Morgan fingerprint density at radius 2 is 1.89 bits per heavy atom. The van der Waals surface area contributed by atoms with E-state index in [1.54, 1.807) is 0 Å². The Bertz CT molecular complexity index is 1040. The number of H-pyrrole nitrogens is 1. The van der Waals surface area contributed by atoms with Crippen LogP contribution < -0.4 is 5.56 Å². The summed E-state index contributed by atoms with van der Waals surface area (Å²) in [7, 11) is 4.11. The summed E-state index contributed by atoms with van der Waals surface area (Å²) in [5.74, 6) is 0.0741. The van der Waals surface area contributed by atoms with Crippen molar-refractivity contribution in [1.29, 1.82) is 0 Å². The smallest absolute Gasteiger partial charge is 0.258 e. The fraction of sp³-hybridized carbons (Fsp3) is 0.286. The van der Waals surface area contributed by atoms with Crippen LogP contribution in [0.2, 0.25) is 0 Å². The highest BCUT2D eigenvalue weighted by Gasteiger charge is 2.27. The quantitative estimate of drug-likeness (QED) is 0.777. The van der Waals surface area contributed by atoms with Crippen LogP contribution in [-0.2, 0) is 0 Å². The topological polar surface area (TPSA) is 69.3 Å². The van der Waals surface area contributed by atoms with E-state index in [1.165, 1.54) is 6.33 Å². The van der Waals surface area contributed by atoms with E-state index < -0.39 is 0 Å². The van der Waals surface area contributed by atoms with Gasteiger partial charge in [-0.1, -0.05) is 18.2 Å². The molecule has 6 heteroatoms. The first-order valence-corrected chi connectivity index (χ1v) is 9.06. The van der Waals surface area contributed by atoms with Gasteiger partial charge < -0.3 is 14.8 Å². The number of nitrogens with zero attached hydrogens (tertiary/aromatic N) is 3. The highest BCUT2D eigenvalue weighted by atomic mass is 16.2. The predicted octanol–water partition coefficient (Wildman–Crippen LogP) is 2.37. The van der Waals surface area contributed by atoms with E-state index in [1.807, 2.05) is 47.4 Å². The van der Waals surface area contributed by atoms with Crippen molar-refractivity contribution in [3.8, 4) is 11.1 Å². The molecule has 1 aliphatic heterocycles. The maximum Gasteiger partial charge on any atom is 0.258 e. The van der Waals surface area contributed by atoms with Crippen LogP contribution in [0.15, 0.2) is 53.6 Å². The first-order chi connectivity index (χ1) is 13.0. The van der Waals surface area contributed by atoms with Crippen LogP contribution in [0.5, 0.6) is 0 Å². The molecule has 138 valence electrons. The first-order valence-electron chi connectivity index (χ1n) is 9.06. The number of hydrogen-bond donors (Lipinski definition) is 1. The molecular weight excluding hydrogens is 340 g/mol. The second kappa shape index (κ2) is 6.96. The molecule has 3 aromatic rings. The van der Waals surface area contributed by atoms with E-state index in [0.717, 1.165) is 30.6 Å². The van der Waals surface area contributed by atoms with Crippen molar-refractivity contribution in [2.75, 3.05) is 27.2 Å². The maximum atomic E-state index is 12.7. The molecular formula is C21H22N4O2. The number of amides is 1. The van der Waals surface area contributed by atoms with Crippen molar-refractivity contribution in [1.82, 2.24) is 19.8 Å². The molecule has 2 heterocycles. The van der Waals surface area contributed by atoms with Crippen LogP contribution in [0, 0.1) is 0 Å². The van der Waals surface area contributed by atoms with Crippen molar-refractivity contribution in [2.24, 2.45) is 0 Å². The van der Waals surface area contributed by atoms with Crippen molar-refractivity contribution in [2.45, 2.75) is 12.5 Å². The molecule has 1 amide bonds. The minimum Gasteiger partial charge on any atom is -0.337 e. The minimum absolute atomic E-state index is 0.0741. The minimum atomic E-state index is -0.155. The number of likely N-dealkylation sites (tertiary alicyclic amines) is 1. The second-order valence-corrected chi connectivity index (χ2v) is 7.20. The number of hydrogen-bond acceptors (Lipinski definition) is 4. The van der Waals surface area contributed by atoms with Crippen molar-refractivity contribution >= 4 is 16.8 Å². The third kappa shape index (κ3) is 3.36. The van der Waals surface area contributed by atoms with E-state index in [4.69, 9.17) is 0 Å². The molecule has 4 rings (SSSR count). The molecule has 1 atom stereocenters. The molecule has 2 aromatic carbocycles. The summed E-state index contributed by atoms with van der Waals surface area (Å²) < 4.78 is 0. The number of aromatic nitrogens is 2. The summed E-state index contributed by atoms with van der Waals surface area (Å²) in [4.78, 5) is 35.6. The molecule has 0 bridgehead atoms. The number of benzene rings is 2. The van der Waals surface area contributed by atoms with E-state index in [2.05, 4.69) is 29.0 Å². The van der Waals surface area contributed by atoms with Gasteiger partial charge in [0.2, 0.25) is 0 Å². The van der Waals surface area contributed by atoms with Gasteiger partial charge in [-0.25, -0.2) is 4.98 Å². The summed E-state index contributed by atoms with van der Waals surface area (Å²) in [6.07, 6.45) is 2.42. The molecule has 1 aromatic heterocycles. The molecule has 0 saturated carbocycles. The van der Waals surface area contributed by atoms with Crippen LogP contribution in [0.4, 0.5) is 0 Å². The molecule has 1 N–H and O–H groups in total. The van der Waals surface area contributed by atoms with Crippen molar-refractivity contribution < 1.29 is 4.79 Å². The third-order valence-electron chi connectivity index (χ3n) is 5.29. The molecule has 0 unspecified atom stereocenters. The van der Waals surface area contributed by atoms with Gasteiger partial charge >= 0.3 is 0 Å². The van der Waals surface area contributed by atoms with Crippen LogP contribution in [-0.4, -0.2) is 58.9 Å². The van der Waals surface area contributed by atoms with Gasteiger partial charge in [0.15, 0.2) is 0 Å². The number of rotatable bonds is 3. The largest absolute Gasteiger partial charge is 0.337 e. The van der Waals surface area contributed by atoms with Crippen LogP contribution >= 0.6 is 0 Å². The van der Waals surface area contributed by atoms with Gasteiger partial charge in [0.25, 0.3) is 11.5 Å². The van der Waals surface area contributed by atoms with Gasteiger partial charge in [-0.2, -0.15) is 0 Å². The Kier molecular flexibility index (Phi) is 4.49. The van der Waals surface area contributed by atoms with Gasteiger partial charge in [0.1, 0.15) is 0 Å². The average molecular weight is 362 g/mol. The van der Waals surface area contributed by atoms with Gasteiger partial charge in [0, 0.05) is 24.7 Å². The number of likely N-dealkylation sites (N-methyl/N-ethyl adjacent to an activating group) is 1. The fourth-order valence-electron chi connectivity index (χ4n) is 3.58. The van der Waals surface area contributed by atoms with E-state index >= 15 is 0 Å². The zero-order chi connectivity index (χ0) is 19.0. The van der Waals surface area contributed by atoms with Gasteiger partial charge in [-0.05, 0) is 55.9 Å². The Balaban J connectivity index is 1.57. The molecule has 1 fully saturated rings. The van der Waals surface area contributed by atoms with Gasteiger partial charge in [-0.15, -0.1) is 0 Å². The zero-order valence-corrected chi connectivity index (χ0v) is 15.5. The highest BCUT2D eigenvalue weighted by Crippen LogP contribution is 2.23. The summed E-state index contributed by atoms with van der Waals surface area (Å²) in [5, 5.41) is 0.557. The Hall–Kier alpha value is -2.99. The lowest BCUT2D eigenvalue weighted by molar-refractivity contribution is 0.0783. The molecule has 0 aliphatic carbocycles. The first kappa shape index (κ1) is 17.4. The Morgan fingerprint density at radius 1 is 1.15 bits per heavy atom. The Morgan fingerprint density at radius 3 is 2.59 bits per heavy atom. The molecule has 6 nitrogen and oxygen atoms in total. The lowest BCUT2D eigenvalue weighted by Gasteiger charge is -2.20. The fourth-order valence-corrected chi connectivity index (χ4v) is 3.58. The van der Waals surface area contributed by atoms with Crippen LogP contribution in [0.25, 0.3) is 22.0 Å².